The zero-order valence-electron chi connectivity index (χ0n) is 11.7. The number of fused-ring (bicyclic) bond motifs is 1. The van der Waals surface area contributed by atoms with Crippen LogP contribution in [-0.2, 0) is 0 Å². The van der Waals surface area contributed by atoms with Gasteiger partial charge in [0.15, 0.2) is 5.82 Å². The SMILES string of the molecule is Nc1n[nH]c2c(-c3cscn3)cn(-c3ccccc3Cl)c(=O)c12. The predicted molar refractivity (Wildman–Crippen MR) is 92.2 cm³/mol. The number of hydrogen-bond donors (Lipinski definition) is 2. The summed E-state index contributed by atoms with van der Waals surface area (Å²) in [6.45, 7) is 0. The van der Waals surface area contributed by atoms with Crippen molar-refractivity contribution in [1.29, 1.82) is 0 Å². The summed E-state index contributed by atoms with van der Waals surface area (Å²) in [6, 6.07) is 7.13. The Bertz CT molecular complexity index is 1070. The standard InChI is InChI=1S/C15H10ClN5OS/c16-9-3-1-2-4-11(9)21-5-8(10-6-23-7-18-10)13-12(15(21)22)14(17)20-19-13/h1-7H,(H3,17,19,20). The fourth-order valence-electron chi connectivity index (χ4n) is 2.51. The van der Waals surface area contributed by atoms with Crippen molar-refractivity contribution in [3.63, 3.8) is 0 Å². The van der Waals surface area contributed by atoms with Crippen LogP contribution in [0.1, 0.15) is 0 Å². The van der Waals surface area contributed by atoms with E-state index >= 15 is 0 Å². The quantitative estimate of drug-likeness (QED) is 0.585. The fraction of sp³-hybridized carbons (Fsp3) is 0. The lowest BCUT2D eigenvalue weighted by Gasteiger charge is -2.10. The van der Waals surface area contributed by atoms with Gasteiger partial charge in [-0.15, -0.1) is 11.3 Å². The van der Waals surface area contributed by atoms with E-state index in [4.69, 9.17) is 17.3 Å². The molecule has 0 aliphatic heterocycles. The molecule has 3 N–H and O–H groups in total. The van der Waals surface area contributed by atoms with Gasteiger partial charge in [-0.25, -0.2) is 4.98 Å². The van der Waals surface area contributed by atoms with Crippen LogP contribution in [0.3, 0.4) is 0 Å². The number of nitrogen functional groups attached to an aromatic ring is 1. The van der Waals surface area contributed by atoms with E-state index in [0.29, 0.717) is 21.6 Å². The Kier molecular flexibility index (Phi) is 3.17. The highest BCUT2D eigenvalue weighted by Crippen LogP contribution is 2.29. The Labute approximate surface area is 139 Å². The van der Waals surface area contributed by atoms with E-state index < -0.39 is 0 Å². The number of H-pyrrole nitrogens is 1. The number of para-hydroxylation sites is 1. The van der Waals surface area contributed by atoms with Crippen LogP contribution in [0.4, 0.5) is 5.82 Å². The van der Waals surface area contributed by atoms with E-state index in [9.17, 15) is 4.79 Å². The molecule has 0 aliphatic carbocycles. The van der Waals surface area contributed by atoms with Crippen LogP contribution in [0, 0.1) is 0 Å². The number of nitrogens with zero attached hydrogens (tertiary/aromatic N) is 3. The molecule has 3 aromatic heterocycles. The third-order valence-corrected chi connectivity index (χ3v) is 4.48. The second-order valence-electron chi connectivity index (χ2n) is 4.90. The minimum Gasteiger partial charge on any atom is -0.382 e. The number of aromatic nitrogens is 4. The molecule has 3 heterocycles. The number of hydrogen-bond acceptors (Lipinski definition) is 5. The summed E-state index contributed by atoms with van der Waals surface area (Å²) in [7, 11) is 0. The summed E-state index contributed by atoms with van der Waals surface area (Å²) in [5.74, 6) is 0.155. The highest BCUT2D eigenvalue weighted by atomic mass is 35.5. The van der Waals surface area contributed by atoms with Crippen molar-refractivity contribution in [2.75, 3.05) is 5.73 Å². The summed E-state index contributed by atoms with van der Waals surface area (Å²) >= 11 is 7.71. The number of halogens is 1. The number of rotatable bonds is 2. The molecule has 8 heteroatoms. The Morgan fingerprint density at radius 2 is 2.13 bits per heavy atom. The van der Waals surface area contributed by atoms with Crippen molar-refractivity contribution in [2.24, 2.45) is 0 Å². The zero-order chi connectivity index (χ0) is 16.0. The third kappa shape index (κ3) is 2.13. The Balaban J connectivity index is 2.14. The maximum absolute atomic E-state index is 12.8. The molecule has 1 aromatic carbocycles. The zero-order valence-corrected chi connectivity index (χ0v) is 13.2. The van der Waals surface area contributed by atoms with Gasteiger partial charge in [0.2, 0.25) is 0 Å². The highest BCUT2D eigenvalue weighted by Gasteiger charge is 2.18. The lowest BCUT2D eigenvalue weighted by molar-refractivity contribution is 1.01. The van der Waals surface area contributed by atoms with Gasteiger partial charge in [0.25, 0.3) is 5.56 Å². The maximum atomic E-state index is 12.8. The van der Waals surface area contributed by atoms with Crippen molar-refractivity contribution in [3.05, 3.63) is 56.7 Å². The van der Waals surface area contributed by atoms with Gasteiger partial charge in [-0.1, -0.05) is 23.7 Å². The predicted octanol–water partition coefficient (Wildman–Crippen LogP) is 3.07. The molecule has 0 saturated carbocycles. The van der Waals surface area contributed by atoms with Crippen LogP contribution in [0.2, 0.25) is 5.02 Å². The molecule has 114 valence electrons. The first-order valence-electron chi connectivity index (χ1n) is 6.69. The van der Waals surface area contributed by atoms with Gasteiger partial charge in [-0.05, 0) is 12.1 Å². The molecule has 0 atom stereocenters. The van der Waals surface area contributed by atoms with Gasteiger partial charge in [0.05, 0.1) is 27.4 Å². The van der Waals surface area contributed by atoms with E-state index in [1.165, 1.54) is 15.9 Å². The van der Waals surface area contributed by atoms with Gasteiger partial charge in [-0.2, -0.15) is 5.10 Å². The molecule has 0 radical (unpaired) electrons. The Morgan fingerprint density at radius 1 is 1.30 bits per heavy atom. The number of nitrogens with one attached hydrogen (secondary N) is 1. The van der Waals surface area contributed by atoms with Gasteiger partial charge >= 0.3 is 0 Å². The molecule has 6 nitrogen and oxygen atoms in total. The Hall–Kier alpha value is -2.64. The van der Waals surface area contributed by atoms with Crippen molar-refractivity contribution < 1.29 is 0 Å². The largest absolute Gasteiger partial charge is 0.382 e. The van der Waals surface area contributed by atoms with Crippen molar-refractivity contribution >= 4 is 39.7 Å². The maximum Gasteiger partial charge on any atom is 0.268 e. The van der Waals surface area contributed by atoms with E-state index in [-0.39, 0.29) is 11.4 Å². The molecule has 0 amide bonds. The van der Waals surface area contributed by atoms with Crippen LogP contribution in [0.25, 0.3) is 27.8 Å². The van der Waals surface area contributed by atoms with Crippen LogP contribution >= 0.6 is 22.9 Å². The van der Waals surface area contributed by atoms with Crippen LogP contribution in [-0.4, -0.2) is 19.7 Å². The first-order valence-corrected chi connectivity index (χ1v) is 8.01. The molecular formula is C15H10ClN5OS. The van der Waals surface area contributed by atoms with Crippen molar-refractivity contribution in [3.8, 4) is 16.9 Å². The number of benzene rings is 1. The van der Waals surface area contributed by atoms with Crippen molar-refractivity contribution in [1.82, 2.24) is 19.7 Å². The minimum absolute atomic E-state index is 0.155. The van der Waals surface area contributed by atoms with Crippen LogP contribution in [0.5, 0.6) is 0 Å². The van der Waals surface area contributed by atoms with Gasteiger partial charge in [-0.3, -0.25) is 14.5 Å². The van der Waals surface area contributed by atoms with Crippen LogP contribution in [0.15, 0.2) is 46.1 Å². The second-order valence-corrected chi connectivity index (χ2v) is 6.03. The van der Waals surface area contributed by atoms with E-state index in [1.54, 1.807) is 23.8 Å². The monoisotopic (exact) mass is 343 g/mol. The number of pyridine rings is 1. The van der Waals surface area contributed by atoms with E-state index in [2.05, 4.69) is 15.2 Å². The molecule has 0 bridgehead atoms. The molecule has 0 fully saturated rings. The third-order valence-electron chi connectivity index (χ3n) is 3.57. The first-order chi connectivity index (χ1) is 11.2. The Morgan fingerprint density at radius 3 is 2.87 bits per heavy atom. The summed E-state index contributed by atoms with van der Waals surface area (Å²) in [5.41, 5.74) is 9.96. The lowest BCUT2D eigenvalue weighted by atomic mass is 10.1. The lowest BCUT2D eigenvalue weighted by Crippen LogP contribution is -2.19. The number of nitrogens with two attached hydrogens (primary N) is 1. The topological polar surface area (TPSA) is 89.6 Å². The summed E-state index contributed by atoms with van der Waals surface area (Å²) in [6.07, 6.45) is 1.71. The average Bonchev–Trinajstić information content (AvgIpc) is 3.19. The number of anilines is 1. The van der Waals surface area contributed by atoms with Crippen molar-refractivity contribution in [2.45, 2.75) is 0 Å². The molecule has 4 aromatic rings. The first kappa shape index (κ1) is 14.0. The van der Waals surface area contributed by atoms with E-state index in [0.717, 1.165) is 11.3 Å². The van der Waals surface area contributed by atoms with Gasteiger partial charge < -0.3 is 5.73 Å². The highest BCUT2D eigenvalue weighted by molar-refractivity contribution is 7.07. The summed E-state index contributed by atoms with van der Waals surface area (Å²) < 4.78 is 1.48. The van der Waals surface area contributed by atoms with Crippen LogP contribution < -0.4 is 11.3 Å². The number of thiazole rings is 1. The average molecular weight is 344 g/mol. The molecule has 4 rings (SSSR count). The summed E-state index contributed by atoms with van der Waals surface area (Å²) in [4.78, 5) is 17.1. The molecular weight excluding hydrogens is 334 g/mol. The molecule has 23 heavy (non-hydrogen) atoms. The van der Waals surface area contributed by atoms with Gasteiger partial charge in [0, 0.05) is 17.1 Å². The normalized spacial score (nSPS) is 11.2. The molecule has 0 saturated heterocycles. The van der Waals surface area contributed by atoms with E-state index in [1.807, 2.05) is 17.5 Å². The number of aromatic amines is 1. The molecule has 0 unspecified atom stereocenters. The summed E-state index contributed by atoms with van der Waals surface area (Å²) in [5, 5.41) is 9.49. The molecule has 0 aliphatic rings. The van der Waals surface area contributed by atoms with Gasteiger partial charge in [0.1, 0.15) is 5.39 Å². The molecule has 0 spiro atoms. The second kappa shape index (κ2) is 5.22. The smallest absolute Gasteiger partial charge is 0.268 e. The fourth-order valence-corrected chi connectivity index (χ4v) is 3.28. The minimum atomic E-state index is -0.279.